The average molecular weight is 745 g/mol. The SMILES string of the molecule is c1ccc(-c2ccc(-c3ccccc3N(c3ccccc3)c3ccccc3-c3ccc4c(c3)c3ccccc3n4-c3ccc4sc5ccccc5c4c3)cc2)cc1. The molecule has 2 aromatic heterocycles. The van der Waals surface area contributed by atoms with Gasteiger partial charge in [0.05, 0.1) is 22.4 Å². The molecule has 0 fully saturated rings. The molecule has 0 atom stereocenters. The van der Waals surface area contributed by atoms with Crippen LogP contribution in [0.15, 0.2) is 218 Å². The summed E-state index contributed by atoms with van der Waals surface area (Å²) < 4.78 is 5.07. The Morgan fingerprint density at radius 3 is 1.65 bits per heavy atom. The van der Waals surface area contributed by atoms with Crippen molar-refractivity contribution >= 4 is 70.4 Å². The van der Waals surface area contributed by atoms with Crippen molar-refractivity contribution in [2.75, 3.05) is 4.90 Å². The number of aromatic nitrogens is 1. The number of hydrogen-bond donors (Lipinski definition) is 0. The molecule has 0 bridgehead atoms. The summed E-state index contributed by atoms with van der Waals surface area (Å²) in [7, 11) is 0. The Kier molecular flexibility index (Phi) is 8.04. The largest absolute Gasteiger partial charge is 0.309 e. The van der Waals surface area contributed by atoms with Gasteiger partial charge in [-0.1, -0.05) is 152 Å². The van der Waals surface area contributed by atoms with Crippen LogP contribution in [0.3, 0.4) is 0 Å². The first kappa shape index (κ1) is 33.2. The van der Waals surface area contributed by atoms with Crippen molar-refractivity contribution in [1.82, 2.24) is 4.57 Å². The van der Waals surface area contributed by atoms with Gasteiger partial charge in [0.15, 0.2) is 0 Å². The standard InChI is InChI=1S/C54H36N2S/c1-3-15-37(16-4-1)38-27-29-39(30-28-38)43-19-7-11-23-49(43)55(41-17-5-2-6-18-41)50-24-12-8-20-44(50)40-31-33-52-47(35-40)45-21-9-13-25-51(45)56(52)42-32-34-54-48(36-42)46-22-10-14-26-53(46)57-54/h1-36H. The Morgan fingerprint density at radius 1 is 0.333 bits per heavy atom. The molecule has 0 saturated heterocycles. The van der Waals surface area contributed by atoms with Crippen LogP contribution in [0, 0.1) is 0 Å². The lowest BCUT2D eigenvalue weighted by molar-refractivity contribution is 1.19. The van der Waals surface area contributed by atoms with E-state index in [0.717, 1.165) is 17.1 Å². The van der Waals surface area contributed by atoms with Gasteiger partial charge in [-0.05, 0) is 89.0 Å². The summed E-state index contributed by atoms with van der Waals surface area (Å²) in [4.78, 5) is 2.42. The molecule has 0 amide bonds. The smallest absolute Gasteiger partial charge is 0.0541 e. The van der Waals surface area contributed by atoms with E-state index < -0.39 is 0 Å². The highest BCUT2D eigenvalue weighted by atomic mass is 32.1. The quantitative estimate of drug-likeness (QED) is 0.158. The van der Waals surface area contributed by atoms with E-state index in [0.29, 0.717) is 0 Å². The third-order valence-corrected chi connectivity index (χ3v) is 12.4. The van der Waals surface area contributed by atoms with Crippen LogP contribution in [0.4, 0.5) is 17.1 Å². The lowest BCUT2D eigenvalue weighted by atomic mass is 9.96. The van der Waals surface area contributed by atoms with E-state index in [-0.39, 0.29) is 0 Å². The maximum Gasteiger partial charge on any atom is 0.0541 e. The number of rotatable bonds is 7. The van der Waals surface area contributed by atoms with Crippen LogP contribution in [-0.2, 0) is 0 Å². The molecule has 3 heteroatoms. The third-order valence-electron chi connectivity index (χ3n) is 11.2. The van der Waals surface area contributed by atoms with Gasteiger partial charge in [-0.2, -0.15) is 0 Å². The summed E-state index contributed by atoms with van der Waals surface area (Å²) >= 11 is 1.86. The van der Waals surface area contributed by atoms with E-state index in [1.165, 1.54) is 81.0 Å². The fourth-order valence-corrected chi connectivity index (χ4v) is 9.64. The molecule has 268 valence electrons. The second-order valence-electron chi connectivity index (χ2n) is 14.5. The van der Waals surface area contributed by atoms with Gasteiger partial charge in [0.1, 0.15) is 0 Å². The van der Waals surface area contributed by atoms with Gasteiger partial charge in [0.25, 0.3) is 0 Å². The molecule has 0 radical (unpaired) electrons. The Balaban J connectivity index is 1.07. The minimum absolute atomic E-state index is 1.10. The molecular weight excluding hydrogens is 709 g/mol. The van der Waals surface area contributed by atoms with E-state index in [9.17, 15) is 0 Å². The summed E-state index contributed by atoms with van der Waals surface area (Å²) in [5.41, 5.74) is 14.0. The first-order valence-electron chi connectivity index (χ1n) is 19.4. The zero-order chi connectivity index (χ0) is 37.7. The molecule has 0 spiro atoms. The first-order valence-corrected chi connectivity index (χ1v) is 20.2. The van der Waals surface area contributed by atoms with Gasteiger partial charge in [0.2, 0.25) is 0 Å². The van der Waals surface area contributed by atoms with Crippen LogP contribution in [-0.4, -0.2) is 4.57 Å². The first-order chi connectivity index (χ1) is 28.3. The molecule has 57 heavy (non-hydrogen) atoms. The maximum atomic E-state index is 2.43. The van der Waals surface area contributed by atoms with Crippen LogP contribution in [0.25, 0.3) is 81.0 Å². The number of fused-ring (bicyclic) bond motifs is 6. The number of thiophene rings is 1. The van der Waals surface area contributed by atoms with Crippen LogP contribution < -0.4 is 4.90 Å². The fraction of sp³-hybridized carbons (Fsp3) is 0. The monoisotopic (exact) mass is 744 g/mol. The van der Waals surface area contributed by atoms with Crippen molar-refractivity contribution in [2.24, 2.45) is 0 Å². The molecule has 9 aromatic carbocycles. The van der Waals surface area contributed by atoms with Crippen molar-refractivity contribution in [3.63, 3.8) is 0 Å². The topological polar surface area (TPSA) is 8.17 Å². The maximum absolute atomic E-state index is 2.43. The third kappa shape index (κ3) is 5.71. The normalized spacial score (nSPS) is 11.5. The number of anilines is 3. The molecule has 11 rings (SSSR count). The molecule has 0 aliphatic carbocycles. The Labute approximate surface area is 335 Å². The van der Waals surface area contributed by atoms with Crippen molar-refractivity contribution in [2.45, 2.75) is 0 Å². The van der Waals surface area contributed by atoms with Crippen LogP contribution in [0.1, 0.15) is 0 Å². The molecule has 0 unspecified atom stereocenters. The minimum Gasteiger partial charge on any atom is -0.309 e. The predicted octanol–water partition coefficient (Wildman–Crippen LogP) is 15.6. The Bertz CT molecular complexity index is 3230. The van der Waals surface area contributed by atoms with Crippen molar-refractivity contribution in [3.05, 3.63) is 218 Å². The number of para-hydroxylation sites is 4. The Hall–Kier alpha value is -7.20. The van der Waals surface area contributed by atoms with E-state index >= 15 is 0 Å². The van der Waals surface area contributed by atoms with Gasteiger partial charge in [0, 0.05) is 53.4 Å². The van der Waals surface area contributed by atoms with Crippen LogP contribution in [0.5, 0.6) is 0 Å². The highest BCUT2D eigenvalue weighted by Gasteiger charge is 2.21. The molecule has 0 aliphatic rings. The molecule has 11 aromatic rings. The summed E-state index contributed by atoms with van der Waals surface area (Å²) in [6.07, 6.45) is 0. The molecule has 0 N–H and O–H groups in total. The number of hydrogen-bond acceptors (Lipinski definition) is 2. The average Bonchev–Trinajstić information content (AvgIpc) is 3.83. The lowest BCUT2D eigenvalue weighted by Gasteiger charge is -2.30. The molecule has 0 saturated carbocycles. The van der Waals surface area contributed by atoms with Crippen LogP contribution in [0.2, 0.25) is 0 Å². The highest BCUT2D eigenvalue weighted by Crippen LogP contribution is 2.46. The molecular formula is C54H36N2S. The van der Waals surface area contributed by atoms with Gasteiger partial charge < -0.3 is 9.47 Å². The predicted molar refractivity (Wildman–Crippen MR) is 245 cm³/mol. The fourth-order valence-electron chi connectivity index (χ4n) is 8.56. The van der Waals surface area contributed by atoms with Gasteiger partial charge in [-0.25, -0.2) is 0 Å². The lowest BCUT2D eigenvalue weighted by Crippen LogP contribution is -2.12. The van der Waals surface area contributed by atoms with E-state index in [1.807, 2.05) is 11.3 Å². The summed E-state index contributed by atoms with van der Waals surface area (Å²) in [6, 6.07) is 79.4. The number of nitrogens with zero attached hydrogens (tertiary/aromatic N) is 2. The second-order valence-corrected chi connectivity index (χ2v) is 15.6. The van der Waals surface area contributed by atoms with Gasteiger partial charge in [-0.3, -0.25) is 0 Å². The van der Waals surface area contributed by atoms with Crippen molar-refractivity contribution in [1.29, 1.82) is 0 Å². The minimum atomic E-state index is 1.10. The van der Waals surface area contributed by atoms with Gasteiger partial charge >= 0.3 is 0 Å². The van der Waals surface area contributed by atoms with E-state index in [4.69, 9.17) is 0 Å². The summed E-state index contributed by atoms with van der Waals surface area (Å²) in [5.74, 6) is 0. The zero-order valence-electron chi connectivity index (χ0n) is 31.1. The molecule has 0 aliphatic heterocycles. The highest BCUT2D eigenvalue weighted by molar-refractivity contribution is 7.25. The molecule has 2 nitrogen and oxygen atoms in total. The summed E-state index contributed by atoms with van der Waals surface area (Å²) in [5, 5.41) is 5.09. The van der Waals surface area contributed by atoms with Crippen molar-refractivity contribution < 1.29 is 0 Å². The van der Waals surface area contributed by atoms with Gasteiger partial charge in [-0.15, -0.1) is 11.3 Å². The summed E-state index contributed by atoms with van der Waals surface area (Å²) in [6.45, 7) is 0. The van der Waals surface area contributed by atoms with E-state index in [1.54, 1.807) is 0 Å². The zero-order valence-corrected chi connectivity index (χ0v) is 31.9. The number of benzene rings is 9. The van der Waals surface area contributed by atoms with Crippen molar-refractivity contribution in [3.8, 4) is 39.1 Å². The molecule has 2 heterocycles. The van der Waals surface area contributed by atoms with E-state index in [2.05, 4.69) is 228 Å². The second kappa shape index (κ2) is 13.8. The Morgan fingerprint density at radius 2 is 0.877 bits per heavy atom. The van der Waals surface area contributed by atoms with Crippen LogP contribution >= 0.6 is 11.3 Å².